The van der Waals surface area contributed by atoms with Crippen molar-refractivity contribution in [3.8, 4) is 6.07 Å². The Hall–Kier alpha value is -1.93. The molecular weight excluding hydrogens is 259 g/mol. The van der Waals surface area contributed by atoms with Gasteiger partial charge >= 0.3 is 5.97 Å². The summed E-state index contributed by atoms with van der Waals surface area (Å²) in [5.74, 6) is -1.25. The molecule has 0 radical (unpaired) electrons. The zero-order valence-corrected chi connectivity index (χ0v) is 11.3. The first kappa shape index (κ1) is 14.5. The fourth-order valence-corrected chi connectivity index (χ4v) is 2.81. The Labute approximate surface area is 117 Å². The average Bonchev–Trinajstić information content (AvgIpc) is 2.40. The van der Waals surface area contributed by atoms with E-state index < -0.39 is 17.8 Å². The summed E-state index contributed by atoms with van der Waals surface area (Å²) in [5.41, 5.74) is 0.706. The van der Waals surface area contributed by atoms with E-state index in [1.165, 1.54) is 6.07 Å². The van der Waals surface area contributed by atoms with Crippen molar-refractivity contribution in [2.45, 2.75) is 32.4 Å². The summed E-state index contributed by atoms with van der Waals surface area (Å²) in [6, 6.07) is 5.63. The molecule has 0 saturated carbocycles. The molecule has 1 aromatic carbocycles. The number of likely N-dealkylation sites (tertiary alicyclic amines) is 1. The molecule has 106 valence electrons. The van der Waals surface area contributed by atoms with Gasteiger partial charge in [-0.25, -0.2) is 4.39 Å². The van der Waals surface area contributed by atoms with Gasteiger partial charge in [0.25, 0.3) is 0 Å². The molecule has 1 N–H and O–H groups in total. The molecular formula is C15H17FN2O2. The number of carbonyl (C=O) groups is 1. The van der Waals surface area contributed by atoms with Crippen molar-refractivity contribution in [2.24, 2.45) is 5.92 Å². The summed E-state index contributed by atoms with van der Waals surface area (Å²) < 4.78 is 13.9. The van der Waals surface area contributed by atoms with Crippen LogP contribution in [0.4, 0.5) is 4.39 Å². The van der Waals surface area contributed by atoms with Gasteiger partial charge in [0.1, 0.15) is 11.9 Å². The number of benzene rings is 1. The van der Waals surface area contributed by atoms with Gasteiger partial charge < -0.3 is 5.11 Å². The first-order valence-corrected chi connectivity index (χ1v) is 6.68. The number of carboxylic acids is 1. The smallest absolute Gasteiger partial charge is 0.321 e. The maximum atomic E-state index is 13.9. The lowest BCUT2D eigenvalue weighted by Gasteiger charge is -2.37. The van der Waals surface area contributed by atoms with Crippen molar-refractivity contribution < 1.29 is 14.3 Å². The van der Waals surface area contributed by atoms with Gasteiger partial charge in [0.05, 0.1) is 11.6 Å². The van der Waals surface area contributed by atoms with E-state index in [1.54, 1.807) is 17.0 Å². The van der Waals surface area contributed by atoms with Gasteiger partial charge in [-0.15, -0.1) is 0 Å². The first-order valence-electron chi connectivity index (χ1n) is 6.68. The lowest BCUT2D eigenvalue weighted by Crippen LogP contribution is -2.48. The molecule has 1 aliphatic heterocycles. The zero-order chi connectivity index (χ0) is 14.7. The molecule has 0 aromatic heterocycles. The third-order valence-electron chi connectivity index (χ3n) is 3.85. The van der Waals surface area contributed by atoms with Crippen LogP contribution < -0.4 is 0 Å². The zero-order valence-electron chi connectivity index (χ0n) is 11.3. The van der Waals surface area contributed by atoms with E-state index >= 15 is 0 Å². The highest BCUT2D eigenvalue weighted by Gasteiger charge is 2.34. The Morgan fingerprint density at radius 1 is 1.60 bits per heavy atom. The molecule has 1 aromatic rings. The van der Waals surface area contributed by atoms with E-state index in [4.69, 9.17) is 5.26 Å². The number of hydrogen-bond donors (Lipinski definition) is 1. The third-order valence-corrected chi connectivity index (χ3v) is 3.85. The van der Waals surface area contributed by atoms with Crippen LogP contribution in [0.25, 0.3) is 0 Å². The van der Waals surface area contributed by atoms with E-state index in [1.807, 2.05) is 13.0 Å². The van der Waals surface area contributed by atoms with Crippen LogP contribution in [-0.4, -0.2) is 28.6 Å². The third kappa shape index (κ3) is 2.97. The van der Waals surface area contributed by atoms with E-state index in [2.05, 4.69) is 0 Å². The molecule has 0 aliphatic carbocycles. The predicted molar refractivity (Wildman–Crippen MR) is 71.3 cm³/mol. The number of carboxylic acid groups (broad SMARTS) is 1. The van der Waals surface area contributed by atoms with Crippen molar-refractivity contribution in [3.63, 3.8) is 0 Å². The minimum absolute atomic E-state index is 0.0580. The van der Waals surface area contributed by atoms with Gasteiger partial charge in [-0.05, 0) is 37.4 Å². The monoisotopic (exact) mass is 276 g/mol. The molecule has 2 rings (SSSR count). The SMILES string of the molecule is CC1CCCN(Cc2ccc(C#N)cc2F)C1C(=O)O. The van der Waals surface area contributed by atoms with Gasteiger partial charge in [0.2, 0.25) is 0 Å². The summed E-state index contributed by atoms with van der Waals surface area (Å²) in [7, 11) is 0. The Balaban J connectivity index is 2.19. The maximum Gasteiger partial charge on any atom is 0.321 e. The van der Waals surface area contributed by atoms with Gasteiger partial charge in [0, 0.05) is 12.1 Å². The van der Waals surface area contributed by atoms with Crippen LogP contribution in [0.5, 0.6) is 0 Å². The quantitative estimate of drug-likeness (QED) is 0.920. The van der Waals surface area contributed by atoms with Crippen LogP contribution in [0.1, 0.15) is 30.9 Å². The number of halogens is 1. The number of nitrogens with zero attached hydrogens (tertiary/aromatic N) is 2. The van der Waals surface area contributed by atoms with Crippen LogP contribution in [0.2, 0.25) is 0 Å². The molecule has 2 unspecified atom stereocenters. The summed E-state index contributed by atoms with van der Waals surface area (Å²) in [5, 5.41) is 18.0. The van der Waals surface area contributed by atoms with Crippen molar-refractivity contribution in [1.82, 2.24) is 4.90 Å². The van der Waals surface area contributed by atoms with Crippen LogP contribution >= 0.6 is 0 Å². The summed E-state index contributed by atoms with van der Waals surface area (Å²) in [4.78, 5) is 13.2. The number of rotatable bonds is 3. The molecule has 0 bridgehead atoms. The highest BCUT2D eigenvalue weighted by atomic mass is 19.1. The number of nitriles is 1. The second kappa shape index (κ2) is 6.02. The molecule has 0 amide bonds. The van der Waals surface area contributed by atoms with Crippen molar-refractivity contribution in [2.75, 3.05) is 6.54 Å². The highest BCUT2D eigenvalue weighted by molar-refractivity contribution is 5.74. The Morgan fingerprint density at radius 2 is 2.35 bits per heavy atom. The molecule has 1 heterocycles. The second-order valence-corrected chi connectivity index (χ2v) is 5.29. The largest absolute Gasteiger partial charge is 0.480 e. The number of hydrogen-bond acceptors (Lipinski definition) is 3. The van der Waals surface area contributed by atoms with Crippen molar-refractivity contribution in [1.29, 1.82) is 5.26 Å². The lowest BCUT2D eigenvalue weighted by molar-refractivity contribution is -0.147. The second-order valence-electron chi connectivity index (χ2n) is 5.29. The molecule has 5 heteroatoms. The van der Waals surface area contributed by atoms with Crippen LogP contribution in [-0.2, 0) is 11.3 Å². The Morgan fingerprint density at radius 3 is 2.95 bits per heavy atom. The topological polar surface area (TPSA) is 64.3 Å². The molecule has 0 spiro atoms. The highest BCUT2D eigenvalue weighted by Crippen LogP contribution is 2.26. The molecule has 1 aliphatic rings. The van der Waals surface area contributed by atoms with Gasteiger partial charge in [-0.2, -0.15) is 5.26 Å². The fourth-order valence-electron chi connectivity index (χ4n) is 2.81. The first-order chi connectivity index (χ1) is 9.52. The Kier molecular flexibility index (Phi) is 4.35. The standard InChI is InChI=1S/C15H17FN2O2/c1-10-3-2-6-18(14(10)15(19)20)9-12-5-4-11(8-17)7-13(12)16/h4-5,7,10,14H,2-3,6,9H2,1H3,(H,19,20). The molecule has 1 saturated heterocycles. The van der Waals surface area contributed by atoms with E-state index in [9.17, 15) is 14.3 Å². The maximum absolute atomic E-state index is 13.9. The van der Waals surface area contributed by atoms with E-state index in [-0.39, 0.29) is 18.0 Å². The molecule has 2 atom stereocenters. The molecule has 20 heavy (non-hydrogen) atoms. The van der Waals surface area contributed by atoms with Gasteiger partial charge in [0.15, 0.2) is 0 Å². The molecule has 1 fully saturated rings. The minimum Gasteiger partial charge on any atom is -0.480 e. The van der Waals surface area contributed by atoms with E-state index in [0.29, 0.717) is 12.1 Å². The molecule has 4 nitrogen and oxygen atoms in total. The Bertz CT molecular complexity index is 553. The van der Waals surface area contributed by atoms with Crippen molar-refractivity contribution in [3.05, 3.63) is 35.1 Å². The summed E-state index contributed by atoms with van der Waals surface area (Å²) >= 11 is 0. The van der Waals surface area contributed by atoms with Crippen LogP contribution in [0.15, 0.2) is 18.2 Å². The number of aliphatic carboxylic acids is 1. The summed E-state index contributed by atoms with van der Waals surface area (Å²) in [6.07, 6.45) is 1.80. The van der Waals surface area contributed by atoms with Crippen LogP contribution in [0.3, 0.4) is 0 Å². The normalized spacial score (nSPS) is 23.2. The van der Waals surface area contributed by atoms with Gasteiger partial charge in [-0.3, -0.25) is 9.69 Å². The fraction of sp³-hybridized carbons (Fsp3) is 0.467. The average molecular weight is 276 g/mol. The van der Waals surface area contributed by atoms with Gasteiger partial charge in [-0.1, -0.05) is 13.0 Å². The minimum atomic E-state index is -0.855. The van der Waals surface area contributed by atoms with E-state index in [0.717, 1.165) is 12.8 Å². The van der Waals surface area contributed by atoms with Crippen LogP contribution in [0, 0.1) is 23.1 Å². The summed E-state index contributed by atoms with van der Waals surface area (Å²) in [6.45, 7) is 2.83. The predicted octanol–water partition coefficient (Wildman–Crippen LogP) is 2.38. The van der Waals surface area contributed by atoms with Crippen molar-refractivity contribution >= 4 is 5.97 Å². The lowest BCUT2D eigenvalue weighted by atomic mass is 9.90. The number of piperidine rings is 1.